The maximum absolute atomic E-state index is 8.88. The molecule has 0 rings (SSSR count). The summed E-state index contributed by atoms with van der Waals surface area (Å²) in [7, 11) is 3.37. The Morgan fingerprint density at radius 1 is 1.35 bits per heavy atom. The van der Waals surface area contributed by atoms with E-state index in [1.54, 1.807) is 21.1 Å². The number of nitrogens with zero attached hydrogens (tertiary/aromatic N) is 2. The van der Waals surface area contributed by atoms with Gasteiger partial charge in [-0.25, -0.2) is 0 Å². The zero-order valence-electron chi connectivity index (χ0n) is 11.4. The Morgan fingerprint density at radius 3 is 2.47 bits per heavy atom. The molecule has 0 aromatic carbocycles. The van der Waals surface area contributed by atoms with Gasteiger partial charge in [-0.15, -0.1) is 0 Å². The van der Waals surface area contributed by atoms with Gasteiger partial charge in [-0.3, -0.25) is 4.90 Å². The molecule has 0 fully saturated rings. The van der Waals surface area contributed by atoms with Gasteiger partial charge in [-0.2, -0.15) is 5.26 Å². The second-order valence-corrected chi connectivity index (χ2v) is 4.61. The molecule has 100 valence electrons. The van der Waals surface area contributed by atoms with E-state index in [1.165, 1.54) is 0 Å². The first kappa shape index (κ1) is 16.3. The monoisotopic (exact) mass is 243 g/mol. The predicted molar refractivity (Wildman–Crippen MR) is 67.6 cm³/mol. The molecule has 0 amide bonds. The van der Waals surface area contributed by atoms with Gasteiger partial charge < -0.3 is 15.2 Å². The van der Waals surface area contributed by atoms with E-state index in [4.69, 9.17) is 20.5 Å². The van der Waals surface area contributed by atoms with Crippen molar-refractivity contribution in [3.05, 3.63) is 0 Å². The molecule has 17 heavy (non-hydrogen) atoms. The predicted octanol–water partition coefficient (Wildman–Crippen LogP) is 0.601. The molecule has 0 radical (unpaired) electrons. The highest BCUT2D eigenvalue weighted by Crippen LogP contribution is 2.08. The average molecular weight is 243 g/mol. The van der Waals surface area contributed by atoms with E-state index in [2.05, 4.69) is 17.9 Å². The van der Waals surface area contributed by atoms with Gasteiger partial charge in [0.1, 0.15) is 5.54 Å². The first-order chi connectivity index (χ1) is 7.96. The molecule has 0 aliphatic rings. The normalized spacial score (nSPS) is 16.5. The second kappa shape index (κ2) is 8.43. The number of nitriles is 1. The number of methoxy groups -OCH3 is 2. The fourth-order valence-electron chi connectivity index (χ4n) is 1.54. The van der Waals surface area contributed by atoms with E-state index in [9.17, 15) is 0 Å². The smallest absolute Gasteiger partial charge is 0.102 e. The molecular weight excluding hydrogens is 218 g/mol. The van der Waals surface area contributed by atoms with E-state index in [-0.39, 0.29) is 0 Å². The quantitative estimate of drug-likeness (QED) is 0.642. The van der Waals surface area contributed by atoms with E-state index in [1.807, 2.05) is 0 Å². The highest BCUT2D eigenvalue weighted by molar-refractivity contribution is 5.01. The van der Waals surface area contributed by atoms with Crippen molar-refractivity contribution in [2.24, 2.45) is 5.73 Å². The van der Waals surface area contributed by atoms with Crippen molar-refractivity contribution in [1.82, 2.24) is 4.90 Å². The summed E-state index contributed by atoms with van der Waals surface area (Å²) in [6.45, 7) is 6.78. The van der Waals surface area contributed by atoms with Crippen molar-refractivity contribution in [3.8, 4) is 6.07 Å². The Kier molecular flexibility index (Phi) is 8.09. The van der Waals surface area contributed by atoms with Crippen LogP contribution >= 0.6 is 0 Å². The van der Waals surface area contributed by atoms with Crippen molar-refractivity contribution in [3.63, 3.8) is 0 Å². The lowest BCUT2D eigenvalue weighted by Gasteiger charge is -2.30. The number of nitrogens with two attached hydrogens (primary N) is 1. The molecule has 0 heterocycles. The van der Waals surface area contributed by atoms with Crippen LogP contribution in [0.25, 0.3) is 0 Å². The average Bonchev–Trinajstić information content (AvgIpc) is 2.29. The Hall–Kier alpha value is -0.670. The highest BCUT2D eigenvalue weighted by atomic mass is 16.5. The van der Waals surface area contributed by atoms with Crippen LogP contribution in [0.1, 0.15) is 20.3 Å². The summed E-state index contributed by atoms with van der Waals surface area (Å²) in [5.41, 5.74) is 5.05. The van der Waals surface area contributed by atoms with Crippen LogP contribution in [0.3, 0.4) is 0 Å². The molecule has 0 aromatic rings. The summed E-state index contributed by atoms with van der Waals surface area (Å²) >= 11 is 0. The van der Waals surface area contributed by atoms with Crippen LogP contribution in [0, 0.1) is 11.3 Å². The molecule has 0 aliphatic heterocycles. The maximum atomic E-state index is 8.88. The van der Waals surface area contributed by atoms with Crippen LogP contribution < -0.4 is 5.73 Å². The molecule has 5 heteroatoms. The van der Waals surface area contributed by atoms with E-state index < -0.39 is 5.54 Å². The lowest BCUT2D eigenvalue weighted by molar-refractivity contribution is 0.0721. The van der Waals surface area contributed by atoms with E-state index in [0.717, 1.165) is 13.1 Å². The lowest BCUT2D eigenvalue weighted by Crippen LogP contribution is -2.44. The van der Waals surface area contributed by atoms with E-state index in [0.29, 0.717) is 25.7 Å². The number of rotatable bonds is 9. The van der Waals surface area contributed by atoms with Crippen LogP contribution in [-0.2, 0) is 9.47 Å². The van der Waals surface area contributed by atoms with Gasteiger partial charge in [-0.1, -0.05) is 0 Å². The van der Waals surface area contributed by atoms with Gasteiger partial charge >= 0.3 is 0 Å². The molecular formula is C12H25N3O2. The van der Waals surface area contributed by atoms with Crippen LogP contribution in [0.2, 0.25) is 0 Å². The first-order valence-electron chi connectivity index (χ1n) is 5.89. The van der Waals surface area contributed by atoms with Crippen molar-refractivity contribution in [2.45, 2.75) is 31.8 Å². The zero-order chi connectivity index (χ0) is 13.3. The standard InChI is InChI=1S/C12H25N3O2/c1-11(9-17-4)15(7-8-16-3)6-5-12(2,14)10-13/h11H,5-9,14H2,1-4H3. The van der Waals surface area contributed by atoms with Gasteiger partial charge in [0.15, 0.2) is 0 Å². The molecule has 0 saturated heterocycles. The molecule has 0 bridgehead atoms. The van der Waals surface area contributed by atoms with Gasteiger partial charge in [0, 0.05) is 33.4 Å². The third kappa shape index (κ3) is 7.29. The Balaban J connectivity index is 4.24. The van der Waals surface area contributed by atoms with Gasteiger partial charge in [0.25, 0.3) is 0 Å². The Morgan fingerprint density at radius 2 is 2.00 bits per heavy atom. The summed E-state index contributed by atoms with van der Waals surface area (Å²) in [6.07, 6.45) is 0.640. The minimum absolute atomic E-state index is 0.296. The number of hydrogen-bond acceptors (Lipinski definition) is 5. The molecule has 0 spiro atoms. The molecule has 5 nitrogen and oxygen atoms in total. The highest BCUT2D eigenvalue weighted by Gasteiger charge is 2.21. The van der Waals surface area contributed by atoms with Gasteiger partial charge in [0.05, 0.1) is 19.3 Å². The fourth-order valence-corrected chi connectivity index (χ4v) is 1.54. The van der Waals surface area contributed by atoms with Crippen molar-refractivity contribution in [2.75, 3.05) is 40.5 Å². The SMILES string of the molecule is COCCN(CCC(C)(N)C#N)C(C)COC. The lowest BCUT2D eigenvalue weighted by atomic mass is 10.0. The van der Waals surface area contributed by atoms with Crippen LogP contribution in [0.5, 0.6) is 0 Å². The minimum Gasteiger partial charge on any atom is -0.383 e. The van der Waals surface area contributed by atoms with E-state index >= 15 is 0 Å². The van der Waals surface area contributed by atoms with Crippen LogP contribution in [0.4, 0.5) is 0 Å². The molecule has 0 aliphatic carbocycles. The summed E-state index contributed by atoms with van der Waals surface area (Å²) in [5.74, 6) is 0. The van der Waals surface area contributed by atoms with Gasteiger partial charge in [-0.05, 0) is 20.3 Å². The van der Waals surface area contributed by atoms with Crippen molar-refractivity contribution in [1.29, 1.82) is 5.26 Å². The Labute approximate surface area is 104 Å². The molecule has 2 N–H and O–H groups in total. The third-order valence-electron chi connectivity index (χ3n) is 2.79. The second-order valence-electron chi connectivity index (χ2n) is 4.61. The maximum Gasteiger partial charge on any atom is 0.102 e. The van der Waals surface area contributed by atoms with Crippen LogP contribution in [-0.4, -0.2) is 57.0 Å². The zero-order valence-corrected chi connectivity index (χ0v) is 11.4. The van der Waals surface area contributed by atoms with Crippen molar-refractivity contribution >= 4 is 0 Å². The topological polar surface area (TPSA) is 71.5 Å². The molecule has 0 aromatic heterocycles. The summed E-state index contributed by atoms with van der Waals surface area (Å²) in [4.78, 5) is 2.23. The van der Waals surface area contributed by atoms with Crippen LogP contribution in [0.15, 0.2) is 0 Å². The van der Waals surface area contributed by atoms with Gasteiger partial charge in [0.2, 0.25) is 0 Å². The number of ether oxygens (including phenoxy) is 2. The Bertz CT molecular complexity index is 238. The molecule has 0 saturated carbocycles. The largest absolute Gasteiger partial charge is 0.383 e. The summed E-state index contributed by atoms with van der Waals surface area (Å²) < 4.78 is 10.2. The van der Waals surface area contributed by atoms with Crippen molar-refractivity contribution < 1.29 is 9.47 Å². The fraction of sp³-hybridized carbons (Fsp3) is 0.917. The summed E-state index contributed by atoms with van der Waals surface area (Å²) in [6, 6.07) is 2.41. The number of hydrogen-bond donors (Lipinski definition) is 1. The first-order valence-corrected chi connectivity index (χ1v) is 5.89. The molecule has 2 unspecified atom stereocenters. The molecule has 2 atom stereocenters. The third-order valence-corrected chi connectivity index (χ3v) is 2.79. The minimum atomic E-state index is -0.766. The summed E-state index contributed by atoms with van der Waals surface area (Å²) in [5, 5.41) is 8.88.